The molecule has 0 unspecified atom stereocenters. The minimum Gasteiger partial charge on any atom is -0.370 e. The number of nitrogens with two attached hydrogens (primary N) is 1. The van der Waals surface area contributed by atoms with Crippen molar-refractivity contribution in [1.29, 1.82) is 0 Å². The summed E-state index contributed by atoms with van der Waals surface area (Å²) in [6.45, 7) is 3.69. The van der Waals surface area contributed by atoms with Crippen LogP contribution in [0.2, 0.25) is 0 Å². The van der Waals surface area contributed by atoms with Crippen LogP contribution in [0.5, 0.6) is 0 Å². The molecule has 2 saturated heterocycles. The van der Waals surface area contributed by atoms with E-state index in [1.165, 1.54) is 10.6 Å². The van der Waals surface area contributed by atoms with E-state index < -0.39 is 10.0 Å². The molecular formula is C10H21IN4O2S2. The van der Waals surface area contributed by atoms with Gasteiger partial charge in [0.25, 0.3) is 0 Å². The van der Waals surface area contributed by atoms with Gasteiger partial charge in [-0.05, 0) is 0 Å². The number of guanidine groups is 1. The van der Waals surface area contributed by atoms with Gasteiger partial charge in [-0.15, -0.1) is 24.0 Å². The van der Waals surface area contributed by atoms with Gasteiger partial charge in [-0.3, -0.25) is 4.99 Å². The topological polar surface area (TPSA) is 79.0 Å². The van der Waals surface area contributed by atoms with Gasteiger partial charge in [0.15, 0.2) is 5.96 Å². The molecule has 0 radical (unpaired) electrons. The van der Waals surface area contributed by atoms with Gasteiger partial charge in [-0.2, -0.15) is 11.8 Å². The predicted molar refractivity (Wildman–Crippen MR) is 90.7 cm³/mol. The highest BCUT2D eigenvalue weighted by atomic mass is 127. The molecule has 112 valence electrons. The van der Waals surface area contributed by atoms with Crippen LogP contribution >= 0.6 is 35.7 Å². The second kappa shape index (κ2) is 7.32. The smallest absolute Gasteiger partial charge is 0.211 e. The molecule has 0 spiro atoms. The maximum absolute atomic E-state index is 11.2. The normalized spacial score (nSPS) is 22.8. The summed E-state index contributed by atoms with van der Waals surface area (Å²) < 4.78 is 23.9. The molecule has 2 heterocycles. The Balaban J connectivity index is 0.00000180. The van der Waals surface area contributed by atoms with Gasteiger partial charge in [0.1, 0.15) is 0 Å². The number of halogens is 1. The van der Waals surface area contributed by atoms with Gasteiger partial charge in [0.2, 0.25) is 10.0 Å². The van der Waals surface area contributed by atoms with Gasteiger partial charge in [-0.25, -0.2) is 12.7 Å². The molecule has 6 nitrogen and oxygen atoms in total. The number of hydrogen-bond donors (Lipinski definition) is 1. The zero-order chi connectivity index (χ0) is 13.2. The number of aliphatic imine (C=N–C) groups is 1. The Hall–Kier alpha value is 0.260. The van der Waals surface area contributed by atoms with Gasteiger partial charge >= 0.3 is 0 Å². The first-order chi connectivity index (χ1) is 8.47. The maximum Gasteiger partial charge on any atom is 0.211 e. The minimum atomic E-state index is -3.02. The van der Waals surface area contributed by atoms with E-state index in [1.54, 1.807) is 0 Å². The molecule has 2 aliphatic rings. The molecule has 0 aliphatic carbocycles. The van der Waals surface area contributed by atoms with Crippen LogP contribution in [0.25, 0.3) is 0 Å². The molecule has 0 bridgehead atoms. The quantitative estimate of drug-likeness (QED) is 0.391. The Morgan fingerprint density at radius 3 is 2.47 bits per heavy atom. The van der Waals surface area contributed by atoms with Crippen LogP contribution in [0.1, 0.15) is 0 Å². The third-order valence-corrected chi connectivity index (χ3v) is 5.42. The monoisotopic (exact) mass is 420 g/mol. The first kappa shape index (κ1) is 17.3. The van der Waals surface area contributed by atoms with Gasteiger partial charge < -0.3 is 10.6 Å². The molecule has 0 saturated carbocycles. The summed E-state index contributed by atoms with van der Waals surface area (Å²) in [6, 6.07) is 0. The Morgan fingerprint density at radius 2 is 1.95 bits per heavy atom. The summed E-state index contributed by atoms with van der Waals surface area (Å²) in [5.74, 6) is 3.12. The fraction of sp³-hybridized carbons (Fsp3) is 0.900. The van der Waals surface area contributed by atoms with Crippen molar-refractivity contribution in [1.82, 2.24) is 9.21 Å². The molecule has 9 heteroatoms. The number of nitrogens with zero attached hydrogens (tertiary/aromatic N) is 3. The second-order valence-electron chi connectivity index (χ2n) is 4.74. The third-order valence-electron chi connectivity index (χ3n) is 3.24. The molecular weight excluding hydrogens is 399 g/mol. The summed E-state index contributed by atoms with van der Waals surface area (Å²) in [6.07, 6.45) is 1.24. The van der Waals surface area contributed by atoms with E-state index in [9.17, 15) is 8.42 Å². The number of rotatable bonds is 3. The van der Waals surface area contributed by atoms with E-state index in [-0.39, 0.29) is 24.0 Å². The van der Waals surface area contributed by atoms with E-state index in [0.717, 1.165) is 24.6 Å². The Morgan fingerprint density at radius 1 is 1.37 bits per heavy atom. The van der Waals surface area contributed by atoms with E-state index in [0.29, 0.717) is 31.5 Å². The van der Waals surface area contributed by atoms with E-state index >= 15 is 0 Å². The Bertz CT molecular complexity index is 417. The predicted octanol–water partition coefficient (Wildman–Crippen LogP) is -0.141. The summed E-state index contributed by atoms with van der Waals surface area (Å²) in [7, 11) is -3.02. The standard InChI is InChI=1S/C10H20N4O2S2.HI/c1-18(15,16)14-7-9(8-14)6-12-10(11)13-2-4-17-5-3-13;/h9H,2-8H2,1H3,(H2,11,12);1H. The zero-order valence-corrected chi connectivity index (χ0v) is 15.0. The molecule has 2 fully saturated rings. The fourth-order valence-electron chi connectivity index (χ4n) is 2.02. The highest BCUT2D eigenvalue weighted by Crippen LogP contribution is 2.19. The minimum absolute atomic E-state index is 0. The van der Waals surface area contributed by atoms with Crippen LogP contribution in [-0.2, 0) is 10.0 Å². The van der Waals surface area contributed by atoms with Crippen LogP contribution < -0.4 is 5.73 Å². The summed E-state index contributed by atoms with van der Waals surface area (Å²) in [5, 5.41) is 0. The van der Waals surface area contributed by atoms with Crippen LogP contribution in [-0.4, -0.2) is 74.1 Å². The van der Waals surface area contributed by atoms with Crippen molar-refractivity contribution in [2.24, 2.45) is 16.6 Å². The van der Waals surface area contributed by atoms with Gasteiger partial charge in [-0.1, -0.05) is 0 Å². The number of sulfonamides is 1. The average molecular weight is 420 g/mol. The first-order valence-corrected chi connectivity index (χ1v) is 9.05. The molecule has 0 aromatic rings. The Labute approximate surface area is 136 Å². The highest BCUT2D eigenvalue weighted by molar-refractivity contribution is 14.0. The largest absolute Gasteiger partial charge is 0.370 e. The molecule has 0 atom stereocenters. The molecule has 19 heavy (non-hydrogen) atoms. The first-order valence-electron chi connectivity index (χ1n) is 6.04. The summed E-state index contributed by atoms with van der Waals surface area (Å²) in [4.78, 5) is 6.48. The lowest BCUT2D eigenvalue weighted by Gasteiger charge is -2.36. The van der Waals surface area contributed by atoms with E-state index in [2.05, 4.69) is 9.89 Å². The summed E-state index contributed by atoms with van der Waals surface area (Å²) >= 11 is 1.93. The average Bonchev–Trinajstić information content (AvgIpc) is 2.26. The molecule has 0 aromatic carbocycles. The molecule has 2 rings (SSSR count). The van der Waals surface area contributed by atoms with Gasteiger partial charge in [0.05, 0.1) is 6.26 Å². The van der Waals surface area contributed by atoms with Crippen LogP contribution in [0.3, 0.4) is 0 Å². The highest BCUT2D eigenvalue weighted by Gasteiger charge is 2.32. The number of thioether (sulfide) groups is 1. The summed E-state index contributed by atoms with van der Waals surface area (Å²) in [5.41, 5.74) is 5.93. The maximum atomic E-state index is 11.2. The van der Waals surface area contributed by atoms with Crippen molar-refractivity contribution in [3.05, 3.63) is 0 Å². The Kier molecular flexibility index (Phi) is 6.67. The third kappa shape index (κ3) is 4.94. The zero-order valence-electron chi connectivity index (χ0n) is 11.0. The fourth-order valence-corrected chi connectivity index (χ4v) is 3.89. The number of hydrogen-bond acceptors (Lipinski definition) is 4. The van der Waals surface area contributed by atoms with Crippen LogP contribution in [0.15, 0.2) is 4.99 Å². The lowest BCUT2D eigenvalue weighted by molar-refractivity contribution is 0.208. The lowest BCUT2D eigenvalue weighted by Crippen LogP contribution is -2.51. The molecule has 0 amide bonds. The van der Waals surface area contributed by atoms with Crippen molar-refractivity contribution >= 4 is 51.7 Å². The van der Waals surface area contributed by atoms with Crippen molar-refractivity contribution in [3.63, 3.8) is 0 Å². The van der Waals surface area contributed by atoms with Crippen molar-refractivity contribution in [2.45, 2.75) is 0 Å². The second-order valence-corrected chi connectivity index (χ2v) is 7.95. The van der Waals surface area contributed by atoms with Crippen LogP contribution in [0.4, 0.5) is 0 Å². The molecule has 0 aromatic heterocycles. The van der Waals surface area contributed by atoms with Crippen LogP contribution in [0, 0.1) is 5.92 Å². The van der Waals surface area contributed by atoms with Gasteiger partial charge in [0, 0.05) is 50.1 Å². The van der Waals surface area contributed by atoms with E-state index in [1.807, 2.05) is 11.8 Å². The van der Waals surface area contributed by atoms with Crippen molar-refractivity contribution in [2.75, 3.05) is 50.5 Å². The van der Waals surface area contributed by atoms with Crippen molar-refractivity contribution in [3.8, 4) is 0 Å². The van der Waals surface area contributed by atoms with E-state index in [4.69, 9.17) is 5.73 Å². The molecule has 2 aliphatic heterocycles. The SMILES string of the molecule is CS(=O)(=O)N1CC(CN=C(N)N2CCSCC2)C1.I. The van der Waals surface area contributed by atoms with Crippen molar-refractivity contribution < 1.29 is 8.42 Å². The lowest BCUT2D eigenvalue weighted by atomic mass is 10.0. The molecule has 2 N–H and O–H groups in total.